The lowest BCUT2D eigenvalue weighted by atomic mass is 10.0. The van der Waals surface area contributed by atoms with Crippen LogP contribution in [0.15, 0.2) is 48.5 Å². The van der Waals surface area contributed by atoms with Crippen molar-refractivity contribution in [1.29, 1.82) is 0 Å². The summed E-state index contributed by atoms with van der Waals surface area (Å²) in [6, 6.07) is 12.8. The molecule has 0 fully saturated rings. The topological polar surface area (TPSA) is 128 Å². The van der Waals surface area contributed by atoms with E-state index in [9.17, 15) is 19.5 Å². The minimum Gasteiger partial charge on any atom is -0.484 e. The molecule has 0 bridgehead atoms. The van der Waals surface area contributed by atoms with Gasteiger partial charge in [0.25, 0.3) is 0 Å². The van der Waals surface area contributed by atoms with Crippen LogP contribution in [0.1, 0.15) is 59.1 Å². The highest BCUT2D eigenvalue weighted by Crippen LogP contribution is 2.35. The Labute approximate surface area is 218 Å². The first kappa shape index (κ1) is 29.6. The molecule has 3 N–H and O–H groups in total. The zero-order valence-corrected chi connectivity index (χ0v) is 22.4. The van der Waals surface area contributed by atoms with E-state index in [1.54, 1.807) is 63.2 Å². The molecular weight excluding hydrogens is 476 g/mol. The summed E-state index contributed by atoms with van der Waals surface area (Å²) in [6.45, 7) is 10.5. The number of nitrogens with zero attached hydrogens (tertiary/aromatic N) is 1. The largest absolute Gasteiger partial charge is 0.484 e. The van der Waals surface area contributed by atoms with Crippen LogP contribution in [0, 0.1) is 0 Å². The molecule has 1 amide bonds. The zero-order valence-electron chi connectivity index (χ0n) is 22.4. The van der Waals surface area contributed by atoms with Crippen LogP contribution in [0.2, 0.25) is 0 Å². The molecule has 2 aromatic rings. The number of carbonyl (C=O) groups excluding carboxylic acids is 2. The lowest BCUT2D eigenvalue weighted by molar-refractivity contribution is -0.143. The van der Waals surface area contributed by atoms with Crippen LogP contribution in [0.4, 0.5) is 4.79 Å². The van der Waals surface area contributed by atoms with Crippen molar-refractivity contribution in [2.75, 3.05) is 6.54 Å². The fraction of sp³-hybridized carbons (Fsp3) is 0.464. The number of hydrogen-bond acceptors (Lipinski definition) is 7. The number of carboxylic acid groups (broad SMARTS) is 1. The summed E-state index contributed by atoms with van der Waals surface area (Å²) in [7, 11) is 0. The maximum atomic E-state index is 13.3. The molecule has 0 spiro atoms. The quantitative estimate of drug-likeness (QED) is 0.349. The minimum atomic E-state index is -1.25. The average molecular weight is 515 g/mol. The summed E-state index contributed by atoms with van der Waals surface area (Å²) in [4.78, 5) is 39.3. The van der Waals surface area contributed by atoms with Crippen molar-refractivity contribution in [3.05, 3.63) is 59.7 Å². The van der Waals surface area contributed by atoms with Crippen molar-refractivity contribution in [3.63, 3.8) is 0 Å². The highest BCUT2D eigenvalue weighted by Gasteiger charge is 2.34. The van der Waals surface area contributed by atoms with Crippen molar-refractivity contribution >= 4 is 18.0 Å². The van der Waals surface area contributed by atoms with Gasteiger partial charge in [0, 0.05) is 18.5 Å². The summed E-state index contributed by atoms with van der Waals surface area (Å²) in [5.74, 6) is -1.38. The van der Waals surface area contributed by atoms with E-state index < -0.39 is 35.3 Å². The number of rotatable bonds is 10. The number of benzene rings is 2. The molecule has 9 nitrogen and oxygen atoms in total. The van der Waals surface area contributed by atoms with Crippen LogP contribution in [-0.2, 0) is 27.3 Å². The molecule has 0 heterocycles. The van der Waals surface area contributed by atoms with Gasteiger partial charge in [-0.1, -0.05) is 42.5 Å². The van der Waals surface area contributed by atoms with Crippen molar-refractivity contribution in [1.82, 2.24) is 4.90 Å². The third-order valence-corrected chi connectivity index (χ3v) is 4.94. The second-order valence-corrected chi connectivity index (χ2v) is 10.6. The fourth-order valence-electron chi connectivity index (χ4n) is 3.47. The maximum Gasteiger partial charge on any atom is 0.411 e. The summed E-state index contributed by atoms with van der Waals surface area (Å²) in [5.41, 5.74) is 5.17. The summed E-state index contributed by atoms with van der Waals surface area (Å²) >= 11 is 0. The normalized spacial score (nSPS) is 12.4. The average Bonchev–Trinajstić information content (AvgIpc) is 2.76. The smallest absolute Gasteiger partial charge is 0.411 e. The second kappa shape index (κ2) is 12.6. The van der Waals surface area contributed by atoms with Gasteiger partial charge in [-0.05, 0) is 53.2 Å². The van der Waals surface area contributed by atoms with Gasteiger partial charge in [-0.2, -0.15) is 0 Å². The molecule has 0 saturated carbocycles. The van der Waals surface area contributed by atoms with Crippen LogP contribution >= 0.6 is 0 Å². The number of hydrogen-bond donors (Lipinski definition) is 2. The van der Waals surface area contributed by atoms with Crippen LogP contribution < -0.4 is 15.2 Å². The molecular formula is C28H38N2O7. The molecule has 0 radical (unpaired) electrons. The molecule has 0 aliphatic heterocycles. The molecule has 9 heteroatoms. The zero-order chi connectivity index (χ0) is 27.8. The molecule has 2 aromatic carbocycles. The summed E-state index contributed by atoms with van der Waals surface area (Å²) in [6.07, 6.45) is -0.780. The molecule has 37 heavy (non-hydrogen) atoms. The van der Waals surface area contributed by atoms with Gasteiger partial charge in [-0.15, -0.1) is 0 Å². The monoisotopic (exact) mass is 514 g/mol. The van der Waals surface area contributed by atoms with Gasteiger partial charge in [0.15, 0.2) is 11.5 Å². The molecule has 1 atom stereocenters. The van der Waals surface area contributed by atoms with Crippen molar-refractivity contribution in [2.45, 2.75) is 78.2 Å². The molecule has 0 aromatic heterocycles. The molecule has 0 aliphatic rings. The van der Waals surface area contributed by atoms with E-state index in [2.05, 4.69) is 0 Å². The molecule has 2 rings (SSSR count). The van der Waals surface area contributed by atoms with Crippen LogP contribution in [0.3, 0.4) is 0 Å². The van der Waals surface area contributed by atoms with E-state index in [1.807, 2.05) is 26.8 Å². The first-order chi connectivity index (χ1) is 17.2. The van der Waals surface area contributed by atoms with E-state index >= 15 is 0 Å². The Balaban J connectivity index is 2.58. The molecule has 0 unspecified atom stereocenters. The Bertz CT molecular complexity index is 1070. The number of aliphatic carboxylic acids is 1. The third-order valence-electron chi connectivity index (χ3n) is 4.94. The molecule has 0 saturated heterocycles. The third kappa shape index (κ3) is 9.76. The van der Waals surface area contributed by atoms with Crippen molar-refractivity contribution in [2.24, 2.45) is 5.73 Å². The van der Waals surface area contributed by atoms with E-state index in [-0.39, 0.29) is 37.4 Å². The van der Waals surface area contributed by atoms with E-state index in [1.165, 1.54) is 0 Å². The first-order valence-corrected chi connectivity index (χ1v) is 12.2. The van der Waals surface area contributed by atoms with Gasteiger partial charge in [-0.25, -0.2) is 9.59 Å². The second-order valence-electron chi connectivity index (χ2n) is 10.6. The maximum absolute atomic E-state index is 13.3. The lowest BCUT2D eigenvalue weighted by Gasteiger charge is -2.32. The van der Waals surface area contributed by atoms with Crippen LogP contribution in [0.5, 0.6) is 11.5 Å². The van der Waals surface area contributed by atoms with E-state index in [0.717, 1.165) is 10.5 Å². The Kier molecular flexibility index (Phi) is 10.1. The highest BCUT2D eigenvalue weighted by molar-refractivity contribution is 5.81. The van der Waals surface area contributed by atoms with Gasteiger partial charge in [0.2, 0.25) is 0 Å². The van der Waals surface area contributed by atoms with E-state index in [0.29, 0.717) is 5.56 Å². The van der Waals surface area contributed by atoms with Crippen molar-refractivity contribution in [3.8, 4) is 11.5 Å². The van der Waals surface area contributed by atoms with Gasteiger partial charge in [0.1, 0.15) is 17.2 Å². The number of carbonyl (C=O) groups is 3. The SMILES string of the molecule is CC(C)(C)OC(=O)N(Cc1cccc(OC(C)(C)C)c1OC(=O)CCN)[C@@H](Cc1ccccc1)C(=O)O. The van der Waals surface area contributed by atoms with Crippen molar-refractivity contribution < 1.29 is 33.7 Å². The number of amides is 1. The van der Waals surface area contributed by atoms with Gasteiger partial charge >= 0.3 is 18.0 Å². The number of esters is 1. The number of carboxylic acids is 1. The first-order valence-electron chi connectivity index (χ1n) is 12.2. The predicted octanol–water partition coefficient (Wildman–Crippen LogP) is 4.55. The Morgan fingerprint density at radius 1 is 0.946 bits per heavy atom. The lowest BCUT2D eigenvalue weighted by Crippen LogP contribution is -2.48. The molecule has 0 aliphatic carbocycles. The van der Waals surface area contributed by atoms with Crippen LogP contribution in [0.25, 0.3) is 0 Å². The van der Waals surface area contributed by atoms with Gasteiger partial charge in [-0.3, -0.25) is 9.69 Å². The Hall–Kier alpha value is -3.59. The number of nitrogens with two attached hydrogens (primary N) is 1. The standard InChI is InChI=1S/C28H38N2O7/c1-27(2,3)36-22-14-10-13-20(24(22)35-23(31)15-16-29)18-30(26(34)37-28(4,5)6)21(25(32)33)17-19-11-8-7-9-12-19/h7-14,21H,15-18,29H2,1-6H3,(H,32,33)/t21-/m0/s1. The predicted molar refractivity (Wildman–Crippen MR) is 139 cm³/mol. The van der Waals surface area contributed by atoms with Gasteiger partial charge in [0.05, 0.1) is 13.0 Å². The Morgan fingerprint density at radius 3 is 2.14 bits per heavy atom. The van der Waals surface area contributed by atoms with Crippen LogP contribution in [-0.4, -0.2) is 51.8 Å². The fourth-order valence-corrected chi connectivity index (χ4v) is 3.47. The van der Waals surface area contributed by atoms with E-state index in [4.69, 9.17) is 19.9 Å². The highest BCUT2D eigenvalue weighted by atomic mass is 16.6. The minimum absolute atomic E-state index is 0.0230. The summed E-state index contributed by atoms with van der Waals surface area (Å²) < 4.78 is 17.2. The number of ether oxygens (including phenoxy) is 3. The number of para-hydroxylation sites is 1. The summed E-state index contributed by atoms with van der Waals surface area (Å²) in [5, 5.41) is 10.1. The van der Waals surface area contributed by atoms with Gasteiger partial charge < -0.3 is 25.1 Å². The molecule has 202 valence electrons. The Morgan fingerprint density at radius 2 is 1.59 bits per heavy atom.